The molecule has 136 valence electrons. The predicted octanol–water partition coefficient (Wildman–Crippen LogP) is 2.57. The van der Waals surface area contributed by atoms with E-state index in [1.165, 1.54) is 0 Å². The maximum absolute atomic E-state index is 12.8. The highest BCUT2D eigenvalue weighted by molar-refractivity contribution is 6.04. The monoisotopic (exact) mass is 354 g/mol. The van der Waals surface area contributed by atoms with E-state index in [1.54, 1.807) is 48.2 Å². The van der Waals surface area contributed by atoms with Gasteiger partial charge in [-0.1, -0.05) is 30.3 Å². The van der Waals surface area contributed by atoms with Crippen molar-refractivity contribution in [3.63, 3.8) is 0 Å². The quantitative estimate of drug-likeness (QED) is 0.896. The number of benzene rings is 2. The van der Waals surface area contributed by atoms with Gasteiger partial charge in [-0.2, -0.15) is 0 Å². The van der Waals surface area contributed by atoms with Gasteiger partial charge in [0, 0.05) is 13.1 Å². The van der Waals surface area contributed by atoms with Gasteiger partial charge >= 0.3 is 0 Å². The second-order valence-corrected chi connectivity index (χ2v) is 6.01. The van der Waals surface area contributed by atoms with Crippen LogP contribution >= 0.6 is 0 Å². The van der Waals surface area contributed by atoms with Crippen LogP contribution in [-0.4, -0.2) is 49.1 Å². The van der Waals surface area contributed by atoms with Crippen LogP contribution < -0.4 is 10.1 Å². The summed E-state index contributed by atoms with van der Waals surface area (Å²) in [6.45, 7) is 3.84. The largest absolute Gasteiger partial charge is 0.481 e. The van der Waals surface area contributed by atoms with Crippen molar-refractivity contribution in [2.24, 2.45) is 0 Å². The molecular formula is C20H22N2O4. The Kier molecular flexibility index (Phi) is 5.86. The molecule has 6 nitrogen and oxygen atoms in total. The summed E-state index contributed by atoms with van der Waals surface area (Å²) >= 11 is 0. The average molecular weight is 354 g/mol. The van der Waals surface area contributed by atoms with E-state index in [4.69, 9.17) is 9.47 Å². The summed E-state index contributed by atoms with van der Waals surface area (Å²) in [5, 5.41) is 2.81. The third-order valence-corrected chi connectivity index (χ3v) is 4.14. The predicted molar refractivity (Wildman–Crippen MR) is 98.3 cm³/mol. The molecular weight excluding hydrogens is 332 g/mol. The van der Waals surface area contributed by atoms with Crippen molar-refractivity contribution < 1.29 is 19.1 Å². The van der Waals surface area contributed by atoms with E-state index in [-0.39, 0.29) is 11.8 Å². The Morgan fingerprint density at radius 3 is 2.42 bits per heavy atom. The number of nitrogens with zero attached hydrogens (tertiary/aromatic N) is 1. The van der Waals surface area contributed by atoms with Gasteiger partial charge in [0.2, 0.25) is 0 Å². The Morgan fingerprint density at radius 1 is 1.04 bits per heavy atom. The molecule has 6 heteroatoms. The molecule has 2 aromatic rings. The highest BCUT2D eigenvalue weighted by atomic mass is 16.5. The maximum Gasteiger partial charge on any atom is 0.265 e. The topological polar surface area (TPSA) is 67.9 Å². The lowest BCUT2D eigenvalue weighted by Crippen LogP contribution is -2.41. The number of amides is 2. The van der Waals surface area contributed by atoms with Crippen LogP contribution in [0.15, 0.2) is 54.6 Å². The molecule has 2 amide bonds. The molecule has 0 aliphatic carbocycles. The van der Waals surface area contributed by atoms with Gasteiger partial charge in [-0.15, -0.1) is 0 Å². The number of carbonyl (C=O) groups excluding carboxylic acids is 2. The van der Waals surface area contributed by atoms with Gasteiger partial charge in [-0.25, -0.2) is 0 Å². The summed E-state index contributed by atoms with van der Waals surface area (Å²) in [7, 11) is 0. The minimum Gasteiger partial charge on any atom is -0.481 e. The lowest BCUT2D eigenvalue weighted by Gasteiger charge is -2.27. The van der Waals surface area contributed by atoms with Crippen LogP contribution in [0.1, 0.15) is 17.3 Å². The van der Waals surface area contributed by atoms with Crippen LogP contribution in [0.2, 0.25) is 0 Å². The van der Waals surface area contributed by atoms with Crippen LogP contribution in [0.5, 0.6) is 5.75 Å². The van der Waals surface area contributed by atoms with Crippen molar-refractivity contribution >= 4 is 17.5 Å². The molecule has 0 spiro atoms. The van der Waals surface area contributed by atoms with Crippen LogP contribution in [0.4, 0.5) is 5.69 Å². The lowest BCUT2D eigenvalue weighted by molar-refractivity contribution is -0.122. The van der Waals surface area contributed by atoms with E-state index in [0.29, 0.717) is 43.3 Å². The number of hydrogen-bond donors (Lipinski definition) is 1. The van der Waals surface area contributed by atoms with Gasteiger partial charge in [0.1, 0.15) is 5.75 Å². The second kappa shape index (κ2) is 8.49. The van der Waals surface area contributed by atoms with Crippen molar-refractivity contribution in [1.29, 1.82) is 0 Å². The number of carbonyl (C=O) groups is 2. The molecule has 1 heterocycles. The van der Waals surface area contributed by atoms with E-state index in [0.717, 1.165) is 0 Å². The van der Waals surface area contributed by atoms with Gasteiger partial charge in [-0.3, -0.25) is 9.59 Å². The minimum absolute atomic E-state index is 0.110. The summed E-state index contributed by atoms with van der Waals surface area (Å²) in [6.07, 6.45) is -0.691. The van der Waals surface area contributed by atoms with Crippen LogP contribution in [0.3, 0.4) is 0 Å². The summed E-state index contributed by atoms with van der Waals surface area (Å²) < 4.78 is 10.9. The Labute approximate surface area is 152 Å². The summed E-state index contributed by atoms with van der Waals surface area (Å²) in [5.74, 6) is 0.199. The lowest BCUT2D eigenvalue weighted by atomic mass is 10.1. The summed E-state index contributed by atoms with van der Waals surface area (Å²) in [4.78, 5) is 27.0. The fraction of sp³-hybridized carbons (Fsp3) is 0.300. The third kappa shape index (κ3) is 4.40. The molecule has 26 heavy (non-hydrogen) atoms. The molecule has 3 rings (SSSR count). The van der Waals surface area contributed by atoms with E-state index >= 15 is 0 Å². The van der Waals surface area contributed by atoms with E-state index in [2.05, 4.69) is 5.32 Å². The molecule has 1 fully saturated rings. The van der Waals surface area contributed by atoms with Crippen molar-refractivity contribution in [3.8, 4) is 5.75 Å². The zero-order chi connectivity index (χ0) is 18.4. The maximum atomic E-state index is 12.8. The molecule has 0 aromatic heterocycles. The first kappa shape index (κ1) is 17.9. The smallest absolute Gasteiger partial charge is 0.265 e. The van der Waals surface area contributed by atoms with Gasteiger partial charge in [0.15, 0.2) is 6.10 Å². The number of para-hydroxylation sites is 2. The Bertz CT molecular complexity index is 757. The molecule has 1 saturated heterocycles. The van der Waals surface area contributed by atoms with Gasteiger partial charge < -0.3 is 19.7 Å². The average Bonchev–Trinajstić information content (AvgIpc) is 2.69. The molecule has 1 N–H and O–H groups in total. The van der Waals surface area contributed by atoms with Crippen molar-refractivity contribution in [3.05, 3.63) is 60.2 Å². The SMILES string of the molecule is C[C@@H](Oc1ccccc1)C(=O)Nc1ccccc1C(=O)N1CCOCC1. The van der Waals surface area contributed by atoms with E-state index in [9.17, 15) is 9.59 Å². The first-order valence-corrected chi connectivity index (χ1v) is 8.64. The number of rotatable bonds is 5. The van der Waals surface area contributed by atoms with Gasteiger partial charge in [0.25, 0.3) is 11.8 Å². The first-order valence-electron chi connectivity index (χ1n) is 8.64. The zero-order valence-corrected chi connectivity index (χ0v) is 14.7. The van der Waals surface area contributed by atoms with Crippen LogP contribution in [0, 0.1) is 0 Å². The Morgan fingerprint density at radius 2 is 1.69 bits per heavy atom. The van der Waals surface area contributed by atoms with Crippen LogP contribution in [0.25, 0.3) is 0 Å². The highest BCUT2D eigenvalue weighted by Gasteiger charge is 2.23. The first-order chi connectivity index (χ1) is 12.6. The van der Waals surface area contributed by atoms with Crippen LogP contribution in [-0.2, 0) is 9.53 Å². The molecule has 2 aromatic carbocycles. The summed E-state index contributed by atoms with van der Waals surface area (Å²) in [6, 6.07) is 16.2. The third-order valence-electron chi connectivity index (χ3n) is 4.14. The van der Waals surface area contributed by atoms with E-state index < -0.39 is 6.10 Å². The van der Waals surface area contributed by atoms with Crippen molar-refractivity contribution in [2.45, 2.75) is 13.0 Å². The normalized spacial score (nSPS) is 15.2. The molecule has 0 bridgehead atoms. The van der Waals surface area contributed by atoms with Crippen molar-refractivity contribution in [1.82, 2.24) is 4.90 Å². The summed E-state index contributed by atoms with van der Waals surface area (Å²) in [5.41, 5.74) is 0.951. The zero-order valence-electron chi connectivity index (χ0n) is 14.7. The van der Waals surface area contributed by atoms with Crippen molar-refractivity contribution in [2.75, 3.05) is 31.6 Å². The molecule has 1 atom stereocenters. The molecule has 0 radical (unpaired) electrons. The standard InChI is InChI=1S/C20H22N2O4/c1-15(26-16-7-3-2-4-8-16)19(23)21-18-10-6-5-9-17(18)20(24)22-11-13-25-14-12-22/h2-10,15H,11-14H2,1H3,(H,21,23)/t15-/m1/s1. The highest BCUT2D eigenvalue weighted by Crippen LogP contribution is 2.19. The second-order valence-electron chi connectivity index (χ2n) is 6.01. The van der Waals surface area contributed by atoms with Gasteiger partial charge in [0.05, 0.1) is 24.5 Å². The number of hydrogen-bond acceptors (Lipinski definition) is 4. The molecule has 0 unspecified atom stereocenters. The van der Waals surface area contributed by atoms with Gasteiger partial charge in [-0.05, 0) is 31.2 Å². The molecule has 1 aliphatic rings. The fourth-order valence-corrected chi connectivity index (χ4v) is 2.71. The van der Waals surface area contributed by atoms with E-state index in [1.807, 2.05) is 18.2 Å². The number of nitrogens with one attached hydrogen (secondary N) is 1. The Balaban J connectivity index is 1.69. The number of anilines is 1. The minimum atomic E-state index is -0.691. The fourth-order valence-electron chi connectivity index (χ4n) is 2.71. The molecule has 1 aliphatic heterocycles. The Hall–Kier alpha value is -2.86. The number of morpholine rings is 1. The molecule has 0 saturated carbocycles. The number of ether oxygens (including phenoxy) is 2.